The average Bonchev–Trinajstić information content (AvgIpc) is 2.89. The van der Waals surface area contributed by atoms with Gasteiger partial charge in [0.15, 0.2) is 0 Å². The van der Waals surface area contributed by atoms with Crippen LogP contribution in [0.25, 0.3) is 0 Å². The standard InChI is InChI=1S/C13H25N3O3/c14-10-1-3-12(4-2-10)19-8-6-15-13(17)16-11-5-7-18-9-11/h10-12H,1-9,14H2,(H2,15,16,17). The van der Waals surface area contributed by atoms with Crippen LogP contribution in [0.2, 0.25) is 0 Å². The van der Waals surface area contributed by atoms with Crippen LogP contribution in [0.4, 0.5) is 4.79 Å². The maximum absolute atomic E-state index is 11.5. The van der Waals surface area contributed by atoms with Crippen LogP contribution in [0, 0.1) is 0 Å². The van der Waals surface area contributed by atoms with Crippen LogP contribution < -0.4 is 16.4 Å². The molecule has 1 aliphatic carbocycles. The van der Waals surface area contributed by atoms with E-state index in [4.69, 9.17) is 15.2 Å². The van der Waals surface area contributed by atoms with Crippen molar-refractivity contribution in [1.29, 1.82) is 0 Å². The summed E-state index contributed by atoms with van der Waals surface area (Å²) in [5, 5.41) is 5.68. The molecule has 6 heteroatoms. The molecule has 6 nitrogen and oxygen atoms in total. The van der Waals surface area contributed by atoms with Gasteiger partial charge in [0, 0.05) is 19.2 Å². The van der Waals surface area contributed by atoms with Gasteiger partial charge in [-0.05, 0) is 32.1 Å². The summed E-state index contributed by atoms with van der Waals surface area (Å²) >= 11 is 0. The number of carbonyl (C=O) groups excluding carboxylic acids is 1. The number of nitrogens with one attached hydrogen (secondary N) is 2. The minimum Gasteiger partial charge on any atom is -0.379 e. The number of ether oxygens (including phenoxy) is 2. The molecule has 1 unspecified atom stereocenters. The second-order valence-electron chi connectivity index (χ2n) is 5.37. The summed E-state index contributed by atoms with van der Waals surface area (Å²) in [5.41, 5.74) is 5.84. The zero-order valence-corrected chi connectivity index (χ0v) is 11.4. The van der Waals surface area contributed by atoms with E-state index in [1.165, 1.54) is 0 Å². The third-order valence-electron chi connectivity index (χ3n) is 3.72. The van der Waals surface area contributed by atoms with Gasteiger partial charge < -0.3 is 25.8 Å². The van der Waals surface area contributed by atoms with E-state index >= 15 is 0 Å². The lowest BCUT2D eigenvalue weighted by Gasteiger charge is -2.26. The van der Waals surface area contributed by atoms with Crippen LogP contribution in [0.5, 0.6) is 0 Å². The molecule has 0 radical (unpaired) electrons. The van der Waals surface area contributed by atoms with E-state index in [2.05, 4.69) is 10.6 Å². The highest BCUT2D eigenvalue weighted by Crippen LogP contribution is 2.19. The molecule has 2 amide bonds. The van der Waals surface area contributed by atoms with Gasteiger partial charge >= 0.3 is 6.03 Å². The highest BCUT2D eigenvalue weighted by atomic mass is 16.5. The molecule has 1 atom stereocenters. The Labute approximate surface area is 114 Å². The molecule has 2 rings (SSSR count). The van der Waals surface area contributed by atoms with Gasteiger partial charge in [-0.15, -0.1) is 0 Å². The largest absolute Gasteiger partial charge is 0.379 e. The first-order chi connectivity index (χ1) is 9.24. The molecule has 0 bridgehead atoms. The van der Waals surface area contributed by atoms with E-state index in [0.717, 1.165) is 38.7 Å². The van der Waals surface area contributed by atoms with Crippen molar-refractivity contribution >= 4 is 6.03 Å². The van der Waals surface area contributed by atoms with Gasteiger partial charge in [0.2, 0.25) is 0 Å². The molecule has 1 saturated heterocycles. The topological polar surface area (TPSA) is 85.6 Å². The Kier molecular flexibility index (Phi) is 5.88. The van der Waals surface area contributed by atoms with Crippen LogP contribution >= 0.6 is 0 Å². The van der Waals surface area contributed by atoms with Gasteiger partial charge in [-0.3, -0.25) is 0 Å². The molecule has 0 aromatic rings. The zero-order valence-electron chi connectivity index (χ0n) is 11.4. The predicted molar refractivity (Wildman–Crippen MR) is 71.9 cm³/mol. The zero-order chi connectivity index (χ0) is 13.5. The van der Waals surface area contributed by atoms with Crippen molar-refractivity contribution in [2.75, 3.05) is 26.4 Å². The Hall–Kier alpha value is -0.850. The summed E-state index contributed by atoms with van der Waals surface area (Å²) in [7, 11) is 0. The Bertz CT molecular complexity index is 274. The highest BCUT2D eigenvalue weighted by Gasteiger charge is 2.19. The van der Waals surface area contributed by atoms with Crippen molar-refractivity contribution in [2.24, 2.45) is 5.73 Å². The summed E-state index contributed by atoms with van der Waals surface area (Å²) < 4.78 is 10.9. The summed E-state index contributed by atoms with van der Waals surface area (Å²) in [5.74, 6) is 0. The van der Waals surface area contributed by atoms with E-state index < -0.39 is 0 Å². The lowest BCUT2D eigenvalue weighted by Crippen LogP contribution is -2.43. The number of urea groups is 1. The smallest absolute Gasteiger partial charge is 0.315 e. The number of carbonyl (C=O) groups is 1. The van der Waals surface area contributed by atoms with Gasteiger partial charge in [0.1, 0.15) is 0 Å². The second kappa shape index (κ2) is 7.67. The molecule has 0 aromatic carbocycles. The summed E-state index contributed by atoms with van der Waals surface area (Å²) in [6.07, 6.45) is 5.36. The van der Waals surface area contributed by atoms with E-state index in [1.807, 2.05) is 0 Å². The molecule has 110 valence electrons. The number of rotatable bonds is 5. The third kappa shape index (κ3) is 5.34. The van der Waals surface area contributed by atoms with Crippen LogP contribution in [0.1, 0.15) is 32.1 Å². The number of nitrogens with two attached hydrogens (primary N) is 1. The average molecular weight is 271 g/mol. The summed E-state index contributed by atoms with van der Waals surface area (Å²) in [4.78, 5) is 11.5. The first-order valence-electron chi connectivity index (χ1n) is 7.23. The van der Waals surface area contributed by atoms with E-state index in [1.54, 1.807) is 0 Å². The van der Waals surface area contributed by atoms with Crippen LogP contribution in [0.15, 0.2) is 0 Å². The summed E-state index contributed by atoms with van der Waals surface area (Å²) in [6, 6.07) is 0.364. The predicted octanol–water partition coefficient (Wildman–Crippen LogP) is 0.361. The molecule has 1 heterocycles. The molecular weight excluding hydrogens is 246 g/mol. The van der Waals surface area contributed by atoms with Crippen LogP contribution in [-0.4, -0.2) is 50.6 Å². The monoisotopic (exact) mass is 271 g/mol. The fraction of sp³-hybridized carbons (Fsp3) is 0.923. The lowest BCUT2D eigenvalue weighted by molar-refractivity contribution is 0.0278. The van der Waals surface area contributed by atoms with E-state index in [-0.39, 0.29) is 12.1 Å². The van der Waals surface area contributed by atoms with Gasteiger partial charge in [0.25, 0.3) is 0 Å². The van der Waals surface area contributed by atoms with E-state index in [0.29, 0.717) is 31.9 Å². The molecule has 0 spiro atoms. The Morgan fingerprint density at radius 3 is 2.74 bits per heavy atom. The normalized spacial score (nSPS) is 31.1. The van der Waals surface area contributed by atoms with Crippen molar-refractivity contribution in [1.82, 2.24) is 10.6 Å². The van der Waals surface area contributed by atoms with Crippen LogP contribution in [0.3, 0.4) is 0 Å². The molecule has 19 heavy (non-hydrogen) atoms. The van der Waals surface area contributed by atoms with Crippen molar-refractivity contribution in [3.05, 3.63) is 0 Å². The number of hydrogen-bond acceptors (Lipinski definition) is 4. The molecule has 1 aliphatic heterocycles. The van der Waals surface area contributed by atoms with Crippen molar-refractivity contribution < 1.29 is 14.3 Å². The lowest BCUT2D eigenvalue weighted by atomic mass is 9.94. The minimum atomic E-state index is -0.134. The van der Waals surface area contributed by atoms with Crippen molar-refractivity contribution in [3.8, 4) is 0 Å². The molecule has 4 N–H and O–H groups in total. The maximum Gasteiger partial charge on any atom is 0.315 e. The molecule has 0 aromatic heterocycles. The second-order valence-corrected chi connectivity index (χ2v) is 5.37. The van der Waals surface area contributed by atoms with Gasteiger partial charge in [-0.25, -0.2) is 4.79 Å². The molecule has 1 saturated carbocycles. The van der Waals surface area contributed by atoms with E-state index in [9.17, 15) is 4.79 Å². The van der Waals surface area contributed by atoms with Crippen molar-refractivity contribution in [3.63, 3.8) is 0 Å². The van der Waals surface area contributed by atoms with Gasteiger partial charge in [-0.2, -0.15) is 0 Å². The first-order valence-corrected chi connectivity index (χ1v) is 7.23. The SMILES string of the molecule is NC1CCC(OCCNC(=O)NC2CCOC2)CC1. The summed E-state index contributed by atoms with van der Waals surface area (Å²) in [6.45, 7) is 2.46. The van der Waals surface area contributed by atoms with Crippen molar-refractivity contribution in [2.45, 2.75) is 50.3 Å². The fourth-order valence-electron chi connectivity index (χ4n) is 2.53. The van der Waals surface area contributed by atoms with Gasteiger partial charge in [-0.1, -0.05) is 0 Å². The Balaban J connectivity index is 1.48. The molecule has 2 aliphatic rings. The fourth-order valence-corrected chi connectivity index (χ4v) is 2.53. The number of amides is 2. The third-order valence-corrected chi connectivity index (χ3v) is 3.72. The maximum atomic E-state index is 11.5. The Morgan fingerprint density at radius 2 is 2.05 bits per heavy atom. The quantitative estimate of drug-likeness (QED) is 0.630. The molecular formula is C13H25N3O3. The van der Waals surface area contributed by atoms with Crippen LogP contribution in [-0.2, 0) is 9.47 Å². The molecule has 2 fully saturated rings. The minimum absolute atomic E-state index is 0.134. The number of hydrogen-bond donors (Lipinski definition) is 3. The first kappa shape index (κ1) is 14.6. The Morgan fingerprint density at radius 1 is 1.26 bits per heavy atom. The van der Waals surface area contributed by atoms with Gasteiger partial charge in [0.05, 0.1) is 25.4 Å². The highest BCUT2D eigenvalue weighted by molar-refractivity contribution is 5.74.